The van der Waals surface area contributed by atoms with Gasteiger partial charge in [0.1, 0.15) is 13.2 Å². The van der Waals surface area contributed by atoms with E-state index in [0.717, 1.165) is 0 Å². The number of likely N-dealkylation sites (tertiary alicyclic amines) is 1. The summed E-state index contributed by atoms with van der Waals surface area (Å²) in [6.45, 7) is 30.1. The van der Waals surface area contributed by atoms with Gasteiger partial charge >= 0.3 is 23.9 Å². The second kappa shape index (κ2) is 22.7. The van der Waals surface area contributed by atoms with E-state index >= 15 is 0 Å². The van der Waals surface area contributed by atoms with Crippen LogP contribution in [0.2, 0.25) is 0 Å². The Labute approximate surface area is 376 Å². The van der Waals surface area contributed by atoms with Gasteiger partial charge in [0, 0.05) is 50.6 Å². The van der Waals surface area contributed by atoms with Gasteiger partial charge in [-0.15, -0.1) is 5.10 Å². The fourth-order valence-corrected chi connectivity index (χ4v) is 8.54. The molecule has 2 rings (SSSR count). The number of aryl methyl sites for hydroxylation is 1. The van der Waals surface area contributed by atoms with Gasteiger partial charge in [-0.2, -0.15) is 0 Å². The Morgan fingerprint density at radius 1 is 0.857 bits per heavy atom. The molecule has 360 valence electrons. The Morgan fingerprint density at radius 2 is 1.46 bits per heavy atom. The van der Waals surface area contributed by atoms with Gasteiger partial charge in [0.2, 0.25) is 11.8 Å². The molecule has 0 aliphatic carbocycles. The van der Waals surface area contributed by atoms with Gasteiger partial charge in [-0.05, 0) is 133 Å². The van der Waals surface area contributed by atoms with Crippen molar-refractivity contribution in [2.24, 2.45) is 22.5 Å². The average molecular weight is 892 g/mol. The molecule has 17 nitrogen and oxygen atoms in total. The Balaban J connectivity index is 2.02. The van der Waals surface area contributed by atoms with Crippen molar-refractivity contribution in [3.63, 3.8) is 0 Å². The number of esters is 4. The Kier molecular flexibility index (Phi) is 19.8. The lowest BCUT2D eigenvalue weighted by atomic mass is 9.79. The molecule has 1 aromatic rings. The molecule has 1 aliphatic rings. The standard InChI is InChI=1S/C46H81N7O10/c1-16-60-38(57)34-20-24-51(25-21-34)45(13,14)31-52(39(58)46(15,47)29-41(4,5)6)43(9,10)22-23-48-37(56)19-17-18-35-26-53(50-49-35)44(11,12)30-42(7,8)40(59)62-28-36(63-33(3)55)27-61-32(2)54/h26,34,36H,16-25,27-31,47H2,1-15H3,(H,48,56). The number of aromatic nitrogens is 3. The van der Waals surface area contributed by atoms with Crippen molar-refractivity contribution in [2.45, 2.75) is 183 Å². The van der Waals surface area contributed by atoms with Crippen LogP contribution in [0, 0.1) is 16.7 Å². The maximum atomic E-state index is 14.5. The summed E-state index contributed by atoms with van der Waals surface area (Å²) < 4.78 is 22.5. The van der Waals surface area contributed by atoms with Gasteiger partial charge in [0.15, 0.2) is 6.10 Å². The molecule has 1 saturated heterocycles. The molecule has 0 bridgehead atoms. The molecule has 0 spiro atoms. The molecule has 0 saturated carbocycles. The molecular weight excluding hydrogens is 811 g/mol. The summed E-state index contributed by atoms with van der Waals surface area (Å²) in [6.07, 6.45) is 4.93. The minimum Gasteiger partial charge on any atom is -0.466 e. The number of piperidine rings is 1. The van der Waals surface area contributed by atoms with Crippen molar-refractivity contribution in [2.75, 3.05) is 46.0 Å². The molecule has 17 heteroatoms. The highest BCUT2D eigenvalue weighted by Gasteiger charge is 2.45. The van der Waals surface area contributed by atoms with Crippen molar-refractivity contribution in [1.82, 2.24) is 30.1 Å². The summed E-state index contributed by atoms with van der Waals surface area (Å²) in [6, 6.07) is 0. The largest absolute Gasteiger partial charge is 0.466 e. The fourth-order valence-electron chi connectivity index (χ4n) is 8.54. The number of rotatable bonds is 24. The van der Waals surface area contributed by atoms with Crippen LogP contribution < -0.4 is 11.1 Å². The monoisotopic (exact) mass is 892 g/mol. The van der Waals surface area contributed by atoms with Gasteiger partial charge in [0.25, 0.3) is 0 Å². The van der Waals surface area contributed by atoms with Crippen LogP contribution in [0.4, 0.5) is 0 Å². The Bertz CT molecular complexity index is 1700. The fraction of sp³-hybridized carbons (Fsp3) is 0.826. The van der Waals surface area contributed by atoms with Crippen molar-refractivity contribution in [3.05, 3.63) is 11.9 Å². The van der Waals surface area contributed by atoms with E-state index in [0.29, 0.717) is 83.4 Å². The summed E-state index contributed by atoms with van der Waals surface area (Å²) in [5.74, 6) is -2.16. The van der Waals surface area contributed by atoms with Gasteiger partial charge < -0.3 is 34.9 Å². The maximum Gasteiger partial charge on any atom is 0.311 e. The topological polar surface area (TPSA) is 215 Å². The van der Waals surface area contributed by atoms with E-state index in [4.69, 9.17) is 24.7 Å². The first-order chi connectivity index (χ1) is 28.8. The lowest BCUT2D eigenvalue weighted by Gasteiger charge is -2.50. The molecule has 1 aliphatic heterocycles. The van der Waals surface area contributed by atoms with Crippen LogP contribution in [0.5, 0.6) is 0 Å². The zero-order valence-corrected chi connectivity index (χ0v) is 41.2. The number of hydrogen-bond acceptors (Lipinski definition) is 14. The molecule has 2 heterocycles. The number of carbonyl (C=O) groups is 6. The first-order valence-electron chi connectivity index (χ1n) is 22.5. The third-order valence-electron chi connectivity index (χ3n) is 11.6. The number of hydrogen-bond donors (Lipinski definition) is 2. The van der Waals surface area contributed by atoms with E-state index in [9.17, 15) is 28.8 Å². The molecular formula is C46H81N7O10. The predicted molar refractivity (Wildman–Crippen MR) is 239 cm³/mol. The van der Waals surface area contributed by atoms with Crippen molar-refractivity contribution < 1.29 is 47.7 Å². The molecule has 1 fully saturated rings. The molecule has 0 radical (unpaired) electrons. The van der Waals surface area contributed by atoms with E-state index in [1.165, 1.54) is 13.8 Å². The zero-order chi connectivity index (χ0) is 48.2. The van der Waals surface area contributed by atoms with Gasteiger partial charge in [-0.25, -0.2) is 4.68 Å². The van der Waals surface area contributed by atoms with E-state index in [1.54, 1.807) is 18.5 Å². The number of ether oxygens (including phenoxy) is 4. The van der Waals surface area contributed by atoms with Crippen molar-refractivity contribution >= 4 is 35.7 Å². The van der Waals surface area contributed by atoms with Crippen LogP contribution in [0.1, 0.15) is 154 Å². The quantitative estimate of drug-likeness (QED) is 0.102. The van der Waals surface area contributed by atoms with E-state index in [-0.39, 0.29) is 48.8 Å². The molecule has 3 N–H and O–H groups in total. The second-order valence-electron chi connectivity index (χ2n) is 21.3. The highest BCUT2D eigenvalue weighted by atomic mass is 16.6. The normalized spacial score (nSPS) is 16.1. The minimum atomic E-state index is -1.11. The average Bonchev–Trinajstić information content (AvgIpc) is 3.63. The Hall–Kier alpha value is -4.12. The highest BCUT2D eigenvalue weighted by Crippen LogP contribution is 2.35. The third kappa shape index (κ3) is 18.1. The van der Waals surface area contributed by atoms with E-state index in [1.807, 2.05) is 52.6 Å². The maximum absolute atomic E-state index is 14.5. The summed E-state index contributed by atoms with van der Waals surface area (Å²) in [4.78, 5) is 80.2. The van der Waals surface area contributed by atoms with Crippen LogP contribution in [0.25, 0.3) is 0 Å². The van der Waals surface area contributed by atoms with Crippen LogP contribution >= 0.6 is 0 Å². The third-order valence-corrected chi connectivity index (χ3v) is 11.6. The van der Waals surface area contributed by atoms with Gasteiger partial charge in [-0.3, -0.25) is 33.7 Å². The Morgan fingerprint density at radius 3 is 2.02 bits per heavy atom. The molecule has 63 heavy (non-hydrogen) atoms. The summed E-state index contributed by atoms with van der Waals surface area (Å²) >= 11 is 0. The lowest BCUT2D eigenvalue weighted by molar-refractivity contribution is -0.169. The first kappa shape index (κ1) is 55.0. The number of nitrogens with two attached hydrogens (primary N) is 1. The number of nitrogens with zero attached hydrogens (tertiary/aromatic N) is 5. The van der Waals surface area contributed by atoms with Crippen LogP contribution in [0.3, 0.4) is 0 Å². The molecule has 1 aromatic heterocycles. The summed E-state index contributed by atoms with van der Waals surface area (Å²) in [7, 11) is 0. The van der Waals surface area contributed by atoms with Crippen LogP contribution in [0.15, 0.2) is 6.20 Å². The zero-order valence-electron chi connectivity index (χ0n) is 41.2. The van der Waals surface area contributed by atoms with Gasteiger partial charge in [-0.1, -0.05) is 26.0 Å². The summed E-state index contributed by atoms with van der Waals surface area (Å²) in [5.41, 5.74) is 3.55. The number of nitrogens with one attached hydrogen (secondary N) is 1. The van der Waals surface area contributed by atoms with Crippen LogP contribution in [-0.4, -0.2) is 129 Å². The van der Waals surface area contributed by atoms with Crippen molar-refractivity contribution in [3.8, 4) is 0 Å². The number of amides is 2. The highest BCUT2D eigenvalue weighted by molar-refractivity contribution is 5.86. The van der Waals surface area contributed by atoms with Gasteiger partial charge in [0.05, 0.1) is 34.7 Å². The summed E-state index contributed by atoms with van der Waals surface area (Å²) in [5, 5.41) is 11.7. The first-order valence-corrected chi connectivity index (χ1v) is 22.5. The number of carbonyl (C=O) groups excluding carboxylic acids is 6. The minimum absolute atomic E-state index is 0.110. The molecule has 0 aromatic carbocycles. The SMILES string of the molecule is CCOC(=O)C1CCN(C(C)(C)CN(C(=O)C(C)(N)CC(C)(C)C)C(C)(C)CCNC(=O)CCCc2cn(C(C)(C)CC(C)(C)C(=O)OCC(COC(C)=O)OC(C)=O)nn2)CC1. The molecule has 2 amide bonds. The van der Waals surface area contributed by atoms with Crippen LogP contribution in [-0.2, 0) is 59.7 Å². The molecule has 2 atom stereocenters. The lowest BCUT2D eigenvalue weighted by Crippen LogP contribution is -2.65. The second-order valence-corrected chi connectivity index (χ2v) is 21.3. The molecule has 2 unspecified atom stereocenters. The smallest absolute Gasteiger partial charge is 0.311 e. The predicted octanol–water partition coefficient (Wildman–Crippen LogP) is 5.11. The van der Waals surface area contributed by atoms with E-state index in [2.05, 4.69) is 55.1 Å². The van der Waals surface area contributed by atoms with Crippen molar-refractivity contribution in [1.29, 1.82) is 0 Å². The van der Waals surface area contributed by atoms with E-state index < -0.39 is 51.6 Å².